The molecule has 0 bridgehead atoms. The van der Waals surface area contributed by atoms with E-state index in [-0.39, 0.29) is 17.2 Å². The van der Waals surface area contributed by atoms with Crippen molar-refractivity contribution in [2.45, 2.75) is 53.9 Å². The van der Waals surface area contributed by atoms with E-state index in [9.17, 15) is 15.3 Å². The Hall–Kier alpha value is -3.40. The average molecular weight is 447 g/mol. The van der Waals surface area contributed by atoms with Gasteiger partial charge in [0, 0.05) is 23.6 Å². The first-order chi connectivity index (χ1) is 15.6. The predicted octanol–water partition coefficient (Wildman–Crippen LogP) is 7.64. The zero-order chi connectivity index (χ0) is 24.1. The van der Waals surface area contributed by atoms with Crippen LogP contribution >= 0.6 is 0 Å². The number of hydrogen-bond donors (Lipinski definition) is 3. The van der Waals surface area contributed by atoms with Crippen molar-refractivity contribution in [3.05, 3.63) is 82.4 Å². The molecule has 0 atom stereocenters. The summed E-state index contributed by atoms with van der Waals surface area (Å²) in [5.41, 5.74) is 5.10. The monoisotopic (exact) mass is 446 g/mol. The van der Waals surface area contributed by atoms with E-state index < -0.39 is 0 Å². The number of aryl methyl sites for hydroxylation is 2. The summed E-state index contributed by atoms with van der Waals surface area (Å²) in [4.78, 5) is 0. The van der Waals surface area contributed by atoms with Gasteiger partial charge in [-0.1, -0.05) is 32.1 Å². The van der Waals surface area contributed by atoms with E-state index in [0.717, 1.165) is 40.7 Å². The second-order valence-corrected chi connectivity index (χ2v) is 9.25. The molecular weight excluding hydrogens is 412 g/mol. The third-order valence-electron chi connectivity index (χ3n) is 5.66. The van der Waals surface area contributed by atoms with Crippen LogP contribution in [-0.4, -0.2) is 15.3 Å². The first-order valence-corrected chi connectivity index (χ1v) is 11.4. The van der Waals surface area contributed by atoms with Crippen molar-refractivity contribution in [3.8, 4) is 28.7 Å². The fourth-order valence-electron chi connectivity index (χ4n) is 3.92. The molecule has 0 aliphatic heterocycles. The Morgan fingerprint density at radius 1 is 0.909 bits per heavy atom. The first kappa shape index (κ1) is 24.2. The molecule has 174 valence electrons. The quantitative estimate of drug-likeness (QED) is 0.332. The van der Waals surface area contributed by atoms with Crippen LogP contribution in [0.4, 0.5) is 0 Å². The molecule has 0 radical (unpaired) electrons. The second-order valence-electron chi connectivity index (χ2n) is 9.25. The molecular formula is C29H34O4. The Morgan fingerprint density at radius 2 is 1.64 bits per heavy atom. The van der Waals surface area contributed by atoms with Crippen molar-refractivity contribution in [2.24, 2.45) is 5.92 Å². The van der Waals surface area contributed by atoms with Crippen LogP contribution in [0.3, 0.4) is 0 Å². The van der Waals surface area contributed by atoms with Crippen LogP contribution in [0.15, 0.2) is 54.6 Å². The maximum Gasteiger partial charge on any atom is 0.134 e. The lowest BCUT2D eigenvalue weighted by Gasteiger charge is -2.15. The molecule has 0 unspecified atom stereocenters. The van der Waals surface area contributed by atoms with E-state index in [2.05, 4.69) is 19.9 Å². The van der Waals surface area contributed by atoms with Crippen molar-refractivity contribution >= 4 is 5.57 Å². The molecule has 3 N–H and O–H groups in total. The smallest absolute Gasteiger partial charge is 0.134 e. The third kappa shape index (κ3) is 6.55. The largest absolute Gasteiger partial charge is 0.508 e. The van der Waals surface area contributed by atoms with Gasteiger partial charge in [-0.05, 0) is 92.1 Å². The maximum atomic E-state index is 10.7. The van der Waals surface area contributed by atoms with Gasteiger partial charge >= 0.3 is 0 Å². The lowest BCUT2D eigenvalue weighted by Crippen LogP contribution is -1.97. The Kier molecular flexibility index (Phi) is 7.70. The van der Waals surface area contributed by atoms with E-state index in [0.29, 0.717) is 29.4 Å². The molecule has 0 saturated heterocycles. The molecule has 0 heterocycles. The molecule has 0 aromatic heterocycles. The fourth-order valence-corrected chi connectivity index (χ4v) is 3.92. The van der Waals surface area contributed by atoms with Gasteiger partial charge in [0.15, 0.2) is 0 Å². The number of phenols is 3. The number of hydrogen-bond acceptors (Lipinski definition) is 4. The Morgan fingerprint density at radius 3 is 2.30 bits per heavy atom. The predicted molar refractivity (Wildman–Crippen MR) is 134 cm³/mol. The Labute approximate surface area is 196 Å². The molecule has 3 aromatic carbocycles. The summed E-state index contributed by atoms with van der Waals surface area (Å²) in [5, 5.41) is 31.2. The molecule has 0 fully saturated rings. The van der Waals surface area contributed by atoms with Crippen LogP contribution in [0.2, 0.25) is 0 Å². The van der Waals surface area contributed by atoms with E-state index >= 15 is 0 Å². The van der Waals surface area contributed by atoms with Crippen LogP contribution in [0.25, 0.3) is 5.57 Å². The fraction of sp³-hybridized carbons (Fsp3) is 0.310. The van der Waals surface area contributed by atoms with Gasteiger partial charge in [0.25, 0.3) is 0 Å². The summed E-state index contributed by atoms with van der Waals surface area (Å²) in [6.45, 7) is 10.2. The molecule has 0 amide bonds. The summed E-state index contributed by atoms with van der Waals surface area (Å²) in [6.07, 6.45) is 4.66. The Bertz CT molecular complexity index is 1140. The summed E-state index contributed by atoms with van der Waals surface area (Å²) < 4.78 is 6.07. The average Bonchev–Trinajstić information content (AvgIpc) is 2.69. The van der Waals surface area contributed by atoms with E-state index in [1.54, 1.807) is 24.3 Å². The molecule has 0 saturated carbocycles. The van der Waals surface area contributed by atoms with Crippen molar-refractivity contribution in [1.82, 2.24) is 0 Å². The highest BCUT2D eigenvalue weighted by molar-refractivity contribution is 5.69. The summed E-state index contributed by atoms with van der Waals surface area (Å²) in [5.74, 6) is 2.15. The number of aromatic hydroxyl groups is 3. The minimum Gasteiger partial charge on any atom is -0.508 e. The van der Waals surface area contributed by atoms with E-state index in [1.165, 1.54) is 0 Å². The number of phenolic OH excluding ortho intramolecular Hbond substituents is 3. The third-order valence-corrected chi connectivity index (χ3v) is 5.66. The van der Waals surface area contributed by atoms with Crippen LogP contribution in [0.1, 0.15) is 61.4 Å². The molecule has 4 nitrogen and oxygen atoms in total. The van der Waals surface area contributed by atoms with Crippen molar-refractivity contribution in [2.75, 3.05) is 0 Å². The molecule has 4 heteroatoms. The highest BCUT2D eigenvalue weighted by Gasteiger charge is 2.15. The van der Waals surface area contributed by atoms with Crippen molar-refractivity contribution in [3.63, 3.8) is 0 Å². The molecule has 33 heavy (non-hydrogen) atoms. The number of rotatable bonds is 8. The van der Waals surface area contributed by atoms with Gasteiger partial charge < -0.3 is 20.1 Å². The highest BCUT2D eigenvalue weighted by Crippen LogP contribution is 2.37. The van der Waals surface area contributed by atoms with Gasteiger partial charge in [0.2, 0.25) is 0 Å². The molecule has 0 aliphatic rings. The number of allylic oxidation sites excluding steroid dienone is 2. The minimum atomic E-state index is 0.126. The lowest BCUT2D eigenvalue weighted by atomic mass is 9.97. The second kappa shape index (κ2) is 10.5. The maximum absolute atomic E-state index is 10.7. The number of ether oxygens (including phenoxy) is 1. The van der Waals surface area contributed by atoms with Crippen molar-refractivity contribution < 1.29 is 20.1 Å². The molecule has 0 spiro atoms. The molecule has 0 aliphatic carbocycles. The highest BCUT2D eigenvalue weighted by atomic mass is 16.5. The summed E-state index contributed by atoms with van der Waals surface area (Å²) >= 11 is 0. The van der Waals surface area contributed by atoms with Gasteiger partial charge in [0.1, 0.15) is 28.7 Å². The van der Waals surface area contributed by atoms with Crippen LogP contribution < -0.4 is 4.74 Å². The SMILES string of the molecule is C/C(=C/CCC(C)C)c1ccc(Cc2c(O)cc(C)cc2Oc2cc(C)cc(O)c2)cc1O. The minimum absolute atomic E-state index is 0.126. The zero-order valence-electron chi connectivity index (χ0n) is 20.1. The van der Waals surface area contributed by atoms with E-state index in [4.69, 9.17) is 4.74 Å². The van der Waals surface area contributed by atoms with Gasteiger partial charge in [-0.15, -0.1) is 0 Å². The normalized spacial score (nSPS) is 11.8. The van der Waals surface area contributed by atoms with Gasteiger partial charge in [-0.25, -0.2) is 0 Å². The van der Waals surface area contributed by atoms with E-state index in [1.807, 2.05) is 45.0 Å². The number of benzene rings is 3. The topological polar surface area (TPSA) is 69.9 Å². The molecule has 3 rings (SSSR count). The van der Waals surface area contributed by atoms with Crippen LogP contribution in [0, 0.1) is 19.8 Å². The molecule has 3 aromatic rings. The van der Waals surface area contributed by atoms with Crippen LogP contribution in [0.5, 0.6) is 28.7 Å². The van der Waals surface area contributed by atoms with Crippen LogP contribution in [-0.2, 0) is 6.42 Å². The van der Waals surface area contributed by atoms with Gasteiger partial charge in [-0.3, -0.25) is 0 Å². The van der Waals surface area contributed by atoms with Gasteiger partial charge in [0.05, 0.1) is 0 Å². The standard InChI is InChI=1S/C29H34O4/c1-18(2)7-6-8-21(5)25-10-9-22(16-28(25)32)15-26-27(31)13-20(4)14-29(26)33-24-12-19(3)11-23(30)17-24/h8-14,16-18,30-32H,6-7,15H2,1-5H3/b21-8-. The summed E-state index contributed by atoms with van der Waals surface area (Å²) in [6, 6.07) is 14.2. The van der Waals surface area contributed by atoms with Crippen molar-refractivity contribution in [1.29, 1.82) is 0 Å². The summed E-state index contributed by atoms with van der Waals surface area (Å²) in [7, 11) is 0. The Balaban J connectivity index is 1.88. The first-order valence-electron chi connectivity index (χ1n) is 11.4. The lowest BCUT2D eigenvalue weighted by molar-refractivity contribution is 0.437. The van der Waals surface area contributed by atoms with Gasteiger partial charge in [-0.2, -0.15) is 0 Å². The zero-order valence-corrected chi connectivity index (χ0v) is 20.1.